The highest BCUT2D eigenvalue weighted by molar-refractivity contribution is 5.84. The summed E-state index contributed by atoms with van der Waals surface area (Å²) < 4.78 is 0. The molecule has 0 heterocycles. The Morgan fingerprint density at radius 1 is 1.15 bits per heavy atom. The molecule has 1 unspecified atom stereocenters. The van der Waals surface area contributed by atoms with Crippen LogP contribution in [0.2, 0.25) is 0 Å². The number of nitrogens with zero attached hydrogens (tertiary/aromatic N) is 1. The van der Waals surface area contributed by atoms with E-state index in [1.165, 1.54) is 6.92 Å². The summed E-state index contributed by atoms with van der Waals surface area (Å²) in [6.07, 6.45) is 0. The van der Waals surface area contributed by atoms with Crippen LogP contribution < -0.4 is 5.32 Å². The maximum Gasteiger partial charge on any atom is 0.239 e. The fourth-order valence-corrected chi connectivity index (χ4v) is 1.96. The lowest BCUT2D eigenvalue weighted by Crippen LogP contribution is -2.41. The molecule has 4 heteroatoms. The standard InChI is InChI=1S/C16H24N2O2/c1-12(2)10-17-16(20)11-18(14(4)19)13(3)15-8-6-5-7-9-15/h5-9,12-13H,10-11H2,1-4H3,(H,17,20). The van der Waals surface area contributed by atoms with Gasteiger partial charge in [0.1, 0.15) is 6.54 Å². The van der Waals surface area contributed by atoms with Crippen molar-refractivity contribution >= 4 is 11.8 Å². The maximum absolute atomic E-state index is 11.9. The average molecular weight is 276 g/mol. The van der Waals surface area contributed by atoms with Gasteiger partial charge in [0, 0.05) is 13.5 Å². The molecule has 1 aromatic rings. The number of hydrogen-bond donors (Lipinski definition) is 1. The molecule has 20 heavy (non-hydrogen) atoms. The Bertz CT molecular complexity index is 443. The van der Waals surface area contributed by atoms with E-state index in [9.17, 15) is 9.59 Å². The van der Waals surface area contributed by atoms with E-state index in [4.69, 9.17) is 0 Å². The van der Waals surface area contributed by atoms with E-state index in [0.29, 0.717) is 12.5 Å². The molecule has 4 nitrogen and oxygen atoms in total. The van der Waals surface area contributed by atoms with Crippen molar-refractivity contribution in [2.75, 3.05) is 13.1 Å². The van der Waals surface area contributed by atoms with E-state index < -0.39 is 0 Å². The molecule has 0 aromatic heterocycles. The van der Waals surface area contributed by atoms with Gasteiger partial charge in [-0.3, -0.25) is 9.59 Å². The van der Waals surface area contributed by atoms with Gasteiger partial charge in [0.2, 0.25) is 11.8 Å². The molecule has 110 valence electrons. The van der Waals surface area contributed by atoms with Crippen LogP contribution >= 0.6 is 0 Å². The van der Waals surface area contributed by atoms with Crippen LogP contribution in [0.4, 0.5) is 0 Å². The highest BCUT2D eigenvalue weighted by atomic mass is 16.2. The van der Waals surface area contributed by atoms with Crippen molar-refractivity contribution in [2.24, 2.45) is 5.92 Å². The highest BCUT2D eigenvalue weighted by Gasteiger charge is 2.20. The number of hydrogen-bond acceptors (Lipinski definition) is 2. The predicted molar refractivity (Wildman–Crippen MR) is 80.1 cm³/mol. The Labute approximate surface area is 121 Å². The van der Waals surface area contributed by atoms with E-state index in [1.807, 2.05) is 51.1 Å². The number of carbonyl (C=O) groups is 2. The lowest BCUT2D eigenvalue weighted by atomic mass is 10.1. The quantitative estimate of drug-likeness (QED) is 0.867. The van der Waals surface area contributed by atoms with Crippen LogP contribution in [-0.2, 0) is 9.59 Å². The van der Waals surface area contributed by atoms with Crippen LogP contribution in [0.3, 0.4) is 0 Å². The van der Waals surface area contributed by atoms with Gasteiger partial charge in [-0.2, -0.15) is 0 Å². The van der Waals surface area contributed by atoms with Crippen molar-refractivity contribution in [2.45, 2.75) is 33.7 Å². The number of benzene rings is 1. The first-order valence-corrected chi connectivity index (χ1v) is 7.00. The van der Waals surface area contributed by atoms with E-state index >= 15 is 0 Å². The maximum atomic E-state index is 11.9. The molecule has 0 bridgehead atoms. The lowest BCUT2D eigenvalue weighted by molar-refractivity contribution is -0.136. The summed E-state index contributed by atoms with van der Waals surface area (Å²) in [7, 11) is 0. The molecule has 0 aliphatic heterocycles. The SMILES string of the molecule is CC(=O)N(CC(=O)NCC(C)C)C(C)c1ccccc1. The Kier molecular flexibility index (Phi) is 6.22. The first-order valence-electron chi connectivity index (χ1n) is 7.00. The van der Waals surface area contributed by atoms with Gasteiger partial charge in [-0.25, -0.2) is 0 Å². The van der Waals surface area contributed by atoms with Gasteiger partial charge in [-0.1, -0.05) is 44.2 Å². The minimum Gasteiger partial charge on any atom is -0.354 e. The van der Waals surface area contributed by atoms with E-state index in [-0.39, 0.29) is 24.4 Å². The molecule has 0 saturated heterocycles. The Balaban J connectivity index is 2.70. The highest BCUT2D eigenvalue weighted by Crippen LogP contribution is 2.19. The minimum absolute atomic E-state index is 0.0954. The molecular weight excluding hydrogens is 252 g/mol. The first kappa shape index (κ1) is 16.2. The van der Waals surface area contributed by atoms with Gasteiger partial charge in [0.05, 0.1) is 6.04 Å². The summed E-state index contributed by atoms with van der Waals surface area (Å²) in [4.78, 5) is 25.3. The van der Waals surface area contributed by atoms with Crippen LogP contribution in [0.25, 0.3) is 0 Å². The zero-order valence-corrected chi connectivity index (χ0v) is 12.7. The zero-order valence-electron chi connectivity index (χ0n) is 12.7. The Morgan fingerprint density at radius 2 is 1.75 bits per heavy atom. The number of amides is 2. The number of rotatable bonds is 6. The molecule has 1 N–H and O–H groups in total. The molecule has 0 aliphatic rings. The van der Waals surface area contributed by atoms with Crippen molar-refractivity contribution in [3.63, 3.8) is 0 Å². The van der Waals surface area contributed by atoms with Crippen molar-refractivity contribution in [3.8, 4) is 0 Å². The second kappa shape index (κ2) is 7.68. The minimum atomic E-state index is -0.114. The normalized spacial score (nSPS) is 12.1. The summed E-state index contributed by atoms with van der Waals surface area (Å²) in [6.45, 7) is 8.23. The van der Waals surface area contributed by atoms with Gasteiger partial charge >= 0.3 is 0 Å². The van der Waals surface area contributed by atoms with Gasteiger partial charge in [0.15, 0.2) is 0 Å². The molecule has 1 atom stereocenters. The summed E-state index contributed by atoms with van der Waals surface area (Å²) in [6, 6.07) is 9.62. The summed E-state index contributed by atoms with van der Waals surface area (Å²) >= 11 is 0. The molecule has 0 spiro atoms. The van der Waals surface area contributed by atoms with Crippen LogP contribution in [0.1, 0.15) is 39.3 Å². The molecule has 0 fully saturated rings. The summed E-state index contributed by atoms with van der Waals surface area (Å²) in [5, 5.41) is 2.84. The molecule has 0 radical (unpaired) electrons. The summed E-state index contributed by atoms with van der Waals surface area (Å²) in [5.74, 6) is 0.189. The van der Waals surface area contributed by atoms with Crippen molar-refractivity contribution in [3.05, 3.63) is 35.9 Å². The molecule has 1 rings (SSSR count). The van der Waals surface area contributed by atoms with Gasteiger partial charge in [0.25, 0.3) is 0 Å². The molecular formula is C16H24N2O2. The van der Waals surface area contributed by atoms with Crippen molar-refractivity contribution in [1.82, 2.24) is 10.2 Å². The largest absolute Gasteiger partial charge is 0.354 e. The first-order chi connectivity index (χ1) is 9.41. The monoisotopic (exact) mass is 276 g/mol. The third kappa shape index (κ3) is 5.03. The van der Waals surface area contributed by atoms with Crippen LogP contribution in [0, 0.1) is 5.92 Å². The van der Waals surface area contributed by atoms with Crippen molar-refractivity contribution < 1.29 is 9.59 Å². The van der Waals surface area contributed by atoms with Gasteiger partial charge in [-0.05, 0) is 18.4 Å². The Hall–Kier alpha value is -1.84. The molecule has 1 aromatic carbocycles. The molecule has 2 amide bonds. The second-order valence-corrected chi connectivity index (χ2v) is 5.43. The van der Waals surface area contributed by atoms with E-state index in [1.54, 1.807) is 4.90 Å². The van der Waals surface area contributed by atoms with Gasteiger partial charge < -0.3 is 10.2 Å². The predicted octanol–water partition coefficient (Wildman–Crippen LogP) is 2.37. The molecule has 0 saturated carbocycles. The smallest absolute Gasteiger partial charge is 0.239 e. The van der Waals surface area contributed by atoms with E-state index in [2.05, 4.69) is 5.32 Å². The third-order valence-corrected chi connectivity index (χ3v) is 3.18. The Morgan fingerprint density at radius 3 is 2.25 bits per heavy atom. The topological polar surface area (TPSA) is 49.4 Å². The average Bonchev–Trinajstić information content (AvgIpc) is 2.42. The number of nitrogens with one attached hydrogen (secondary N) is 1. The second-order valence-electron chi connectivity index (χ2n) is 5.43. The fourth-order valence-electron chi connectivity index (χ4n) is 1.96. The van der Waals surface area contributed by atoms with Crippen LogP contribution in [0.15, 0.2) is 30.3 Å². The van der Waals surface area contributed by atoms with Crippen LogP contribution in [0.5, 0.6) is 0 Å². The lowest BCUT2D eigenvalue weighted by Gasteiger charge is -2.28. The fraction of sp³-hybridized carbons (Fsp3) is 0.500. The van der Waals surface area contributed by atoms with Crippen molar-refractivity contribution in [1.29, 1.82) is 0 Å². The number of carbonyl (C=O) groups excluding carboxylic acids is 2. The van der Waals surface area contributed by atoms with Gasteiger partial charge in [-0.15, -0.1) is 0 Å². The summed E-state index contributed by atoms with van der Waals surface area (Å²) in [5.41, 5.74) is 1.03. The van der Waals surface area contributed by atoms with E-state index in [0.717, 1.165) is 5.56 Å². The third-order valence-electron chi connectivity index (χ3n) is 3.18. The molecule has 0 aliphatic carbocycles. The van der Waals surface area contributed by atoms with Crippen LogP contribution in [-0.4, -0.2) is 29.8 Å². The zero-order chi connectivity index (χ0) is 15.1.